The summed E-state index contributed by atoms with van der Waals surface area (Å²) < 4.78 is 4.86. The Balaban J connectivity index is 0.00000162. The van der Waals surface area contributed by atoms with Crippen LogP contribution in [0.25, 0.3) is 11.0 Å². The molecule has 9 heteroatoms. The number of nitrogens with one attached hydrogen (secondary N) is 1. The van der Waals surface area contributed by atoms with Gasteiger partial charge in [-0.25, -0.2) is 4.98 Å². The molecular formula is C9H12ClN5O3. The minimum atomic E-state index is -0.551. The lowest BCUT2D eigenvalue weighted by Crippen LogP contribution is -2.09. The summed E-state index contributed by atoms with van der Waals surface area (Å²) in [5.74, 6) is 0.514. The van der Waals surface area contributed by atoms with Gasteiger partial charge in [0.2, 0.25) is 5.58 Å². The predicted octanol–water partition coefficient (Wildman–Crippen LogP) is 1.31. The Labute approximate surface area is 108 Å². The summed E-state index contributed by atoms with van der Waals surface area (Å²) in [7, 11) is 0. The van der Waals surface area contributed by atoms with Crippen LogP contribution in [0.4, 0.5) is 11.5 Å². The number of fused-ring (bicyclic) bond motifs is 1. The third kappa shape index (κ3) is 2.66. The molecule has 0 bridgehead atoms. The Morgan fingerprint density at radius 2 is 2.28 bits per heavy atom. The maximum absolute atomic E-state index is 10.7. The van der Waals surface area contributed by atoms with Crippen molar-refractivity contribution in [3.05, 3.63) is 22.5 Å². The molecule has 0 saturated carbocycles. The fourth-order valence-corrected chi connectivity index (χ4v) is 1.43. The molecule has 0 aliphatic carbocycles. The van der Waals surface area contributed by atoms with Crippen molar-refractivity contribution in [2.75, 3.05) is 18.4 Å². The molecule has 2 aromatic rings. The van der Waals surface area contributed by atoms with Crippen molar-refractivity contribution in [1.29, 1.82) is 0 Å². The number of nitrogens with zero attached hydrogens (tertiary/aromatic N) is 3. The highest BCUT2D eigenvalue weighted by molar-refractivity contribution is 5.92. The van der Waals surface area contributed by atoms with Gasteiger partial charge in [0.05, 0.1) is 16.5 Å². The van der Waals surface area contributed by atoms with Crippen LogP contribution in [-0.2, 0) is 0 Å². The van der Waals surface area contributed by atoms with Gasteiger partial charge in [0.1, 0.15) is 12.0 Å². The van der Waals surface area contributed by atoms with Crippen LogP contribution in [0.1, 0.15) is 6.42 Å². The van der Waals surface area contributed by atoms with E-state index in [1.165, 1.54) is 6.20 Å². The minimum Gasteiger partial charge on any atom is -0.369 e. The van der Waals surface area contributed by atoms with Gasteiger partial charge in [0.15, 0.2) is 0 Å². The standard InChI is InChI=1S/C9H11N5O3.ClH/c10-2-1-3-11-9-6-4-13-17-8(6)7(5-12-9)14(15)16;/h4-5H,1-3,10H2,(H,11,12);1H. The van der Waals surface area contributed by atoms with Crippen molar-refractivity contribution in [1.82, 2.24) is 10.1 Å². The molecule has 2 rings (SSSR count). The normalized spacial score (nSPS) is 10.1. The number of aromatic nitrogens is 2. The molecule has 0 atom stereocenters. The van der Waals surface area contributed by atoms with Crippen molar-refractivity contribution in [3.63, 3.8) is 0 Å². The maximum Gasteiger partial charge on any atom is 0.333 e. The molecule has 0 unspecified atom stereocenters. The lowest BCUT2D eigenvalue weighted by atomic mass is 10.3. The van der Waals surface area contributed by atoms with E-state index >= 15 is 0 Å². The fraction of sp³-hybridized carbons (Fsp3) is 0.333. The molecule has 98 valence electrons. The zero-order valence-electron chi connectivity index (χ0n) is 9.33. The fourth-order valence-electron chi connectivity index (χ4n) is 1.43. The molecule has 0 amide bonds. The quantitative estimate of drug-likeness (QED) is 0.479. The second kappa shape index (κ2) is 6.12. The third-order valence-electron chi connectivity index (χ3n) is 2.24. The number of nitrogens with two attached hydrogens (primary N) is 1. The van der Waals surface area contributed by atoms with Gasteiger partial charge in [0, 0.05) is 6.54 Å². The highest BCUT2D eigenvalue weighted by Gasteiger charge is 2.19. The van der Waals surface area contributed by atoms with E-state index in [1.807, 2.05) is 0 Å². The Bertz CT molecular complexity index is 544. The number of hydrogen-bond donors (Lipinski definition) is 2. The van der Waals surface area contributed by atoms with Gasteiger partial charge in [-0.2, -0.15) is 0 Å². The van der Waals surface area contributed by atoms with Crippen LogP contribution in [-0.4, -0.2) is 28.2 Å². The van der Waals surface area contributed by atoms with Crippen LogP contribution in [0.15, 0.2) is 16.9 Å². The van der Waals surface area contributed by atoms with Gasteiger partial charge in [-0.05, 0) is 13.0 Å². The number of anilines is 1. The van der Waals surface area contributed by atoms with Gasteiger partial charge in [-0.15, -0.1) is 12.4 Å². The van der Waals surface area contributed by atoms with Crippen molar-refractivity contribution in [3.8, 4) is 0 Å². The summed E-state index contributed by atoms with van der Waals surface area (Å²) in [6.07, 6.45) is 3.34. The number of nitro groups is 1. The first kappa shape index (κ1) is 14.1. The Hall–Kier alpha value is -1.93. The SMILES string of the molecule is Cl.NCCCNc1ncc([N+](=O)[O-])c2oncc12. The van der Waals surface area contributed by atoms with Crippen molar-refractivity contribution < 1.29 is 9.45 Å². The largest absolute Gasteiger partial charge is 0.369 e. The van der Waals surface area contributed by atoms with Crippen LogP contribution < -0.4 is 11.1 Å². The summed E-state index contributed by atoms with van der Waals surface area (Å²) in [6, 6.07) is 0. The lowest BCUT2D eigenvalue weighted by Gasteiger charge is -2.04. The van der Waals surface area contributed by atoms with Gasteiger partial charge >= 0.3 is 5.69 Å². The van der Waals surface area contributed by atoms with Crippen molar-refractivity contribution in [2.45, 2.75) is 6.42 Å². The van der Waals surface area contributed by atoms with E-state index in [2.05, 4.69) is 15.5 Å². The second-order valence-electron chi connectivity index (χ2n) is 3.39. The molecule has 0 fully saturated rings. The Kier molecular flexibility index (Phi) is 4.81. The molecular weight excluding hydrogens is 262 g/mol. The zero-order valence-corrected chi connectivity index (χ0v) is 10.1. The van der Waals surface area contributed by atoms with Crippen molar-refractivity contribution in [2.24, 2.45) is 5.73 Å². The summed E-state index contributed by atoms with van der Waals surface area (Å²) in [5, 5.41) is 17.8. The first-order chi connectivity index (χ1) is 8.24. The molecule has 3 N–H and O–H groups in total. The smallest absolute Gasteiger partial charge is 0.333 e. The summed E-state index contributed by atoms with van der Waals surface area (Å²) in [6.45, 7) is 1.20. The topological polar surface area (TPSA) is 120 Å². The first-order valence-corrected chi connectivity index (χ1v) is 5.05. The predicted molar refractivity (Wildman–Crippen MR) is 67.9 cm³/mol. The van der Waals surface area contributed by atoms with Crippen molar-refractivity contribution >= 4 is 34.9 Å². The van der Waals surface area contributed by atoms with E-state index in [4.69, 9.17) is 10.3 Å². The van der Waals surface area contributed by atoms with E-state index < -0.39 is 4.92 Å². The number of rotatable bonds is 5. The molecule has 0 saturated heterocycles. The van der Waals surface area contributed by atoms with Crippen LogP contribution in [0.3, 0.4) is 0 Å². The van der Waals surface area contributed by atoms with Crippen LogP contribution in [0.2, 0.25) is 0 Å². The van der Waals surface area contributed by atoms with Crippen LogP contribution in [0.5, 0.6) is 0 Å². The molecule has 0 aromatic carbocycles. The van der Waals surface area contributed by atoms with Crippen LogP contribution in [0, 0.1) is 10.1 Å². The molecule has 0 aliphatic rings. The monoisotopic (exact) mass is 273 g/mol. The first-order valence-electron chi connectivity index (χ1n) is 5.05. The van der Waals surface area contributed by atoms with Gasteiger partial charge < -0.3 is 15.6 Å². The zero-order chi connectivity index (χ0) is 12.3. The lowest BCUT2D eigenvalue weighted by molar-refractivity contribution is -0.384. The van der Waals surface area contributed by atoms with E-state index in [0.29, 0.717) is 24.3 Å². The van der Waals surface area contributed by atoms with Gasteiger partial charge in [0.25, 0.3) is 0 Å². The molecule has 0 radical (unpaired) electrons. The van der Waals surface area contributed by atoms with Gasteiger partial charge in [-0.3, -0.25) is 10.1 Å². The summed E-state index contributed by atoms with van der Waals surface area (Å²) in [5.41, 5.74) is 5.30. The number of pyridine rings is 1. The van der Waals surface area contributed by atoms with E-state index in [-0.39, 0.29) is 23.7 Å². The van der Waals surface area contributed by atoms with E-state index in [9.17, 15) is 10.1 Å². The second-order valence-corrected chi connectivity index (χ2v) is 3.39. The summed E-state index contributed by atoms with van der Waals surface area (Å²) in [4.78, 5) is 14.2. The van der Waals surface area contributed by atoms with E-state index in [1.54, 1.807) is 0 Å². The number of hydrogen-bond acceptors (Lipinski definition) is 7. The third-order valence-corrected chi connectivity index (χ3v) is 2.24. The Morgan fingerprint density at radius 1 is 1.50 bits per heavy atom. The molecule has 18 heavy (non-hydrogen) atoms. The summed E-state index contributed by atoms with van der Waals surface area (Å²) >= 11 is 0. The maximum atomic E-state index is 10.7. The number of halogens is 1. The highest BCUT2D eigenvalue weighted by Crippen LogP contribution is 2.28. The molecule has 0 aliphatic heterocycles. The van der Waals surface area contributed by atoms with Crippen LogP contribution >= 0.6 is 12.4 Å². The highest BCUT2D eigenvalue weighted by atomic mass is 35.5. The molecule has 0 spiro atoms. The average Bonchev–Trinajstić information content (AvgIpc) is 2.78. The Morgan fingerprint density at radius 3 is 2.94 bits per heavy atom. The minimum absolute atomic E-state index is 0. The molecule has 8 nitrogen and oxygen atoms in total. The van der Waals surface area contributed by atoms with E-state index in [0.717, 1.165) is 12.6 Å². The molecule has 2 heterocycles. The average molecular weight is 274 g/mol. The molecule has 2 aromatic heterocycles. The van der Waals surface area contributed by atoms with Gasteiger partial charge in [-0.1, -0.05) is 5.16 Å².